The van der Waals surface area contributed by atoms with E-state index in [0.29, 0.717) is 0 Å². The first-order valence-electron chi connectivity index (χ1n) is 4.34. The Morgan fingerprint density at radius 1 is 1.27 bits per heavy atom. The van der Waals surface area contributed by atoms with Gasteiger partial charge in [0.1, 0.15) is 24.4 Å². The van der Waals surface area contributed by atoms with Crippen molar-refractivity contribution in [1.82, 2.24) is 5.32 Å². The van der Waals surface area contributed by atoms with Crippen LogP contribution >= 0.6 is 0 Å². The van der Waals surface area contributed by atoms with E-state index in [9.17, 15) is 20.1 Å². The van der Waals surface area contributed by atoms with Gasteiger partial charge in [0.2, 0.25) is 0 Å². The predicted molar refractivity (Wildman–Crippen MR) is 46.5 cm³/mol. The fourth-order valence-corrected chi connectivity index (χ4v) is 1.36. The Balaban J connectivity index is 2.69. The van der Waals surface area contributed by atoms with Gasteiger partial charge < -0.3 is 36.2 Å². The van der Waals surface area contributed by atoms with Crippen molar-refractivity contribution in [2.75, 3.05) is 6.61 Å². The molecule has 1 aliphatic heterocycles. The Hall–Kier alpha value is -0.930. The maximum atomic E-state index is 10.5. The maximum Gasteiger partial charge on any atom is 0.314 e. The quantitative estimate of drug-likeness (QED) is 0.267. The second kappa shape index (κ2) is 4.73. The van der Waals surface area contributed by atoms with E-state index >= 15 is 0 Å². The Kier molecular flexibility index (Phi) is 3.83. The molecule has 2 amide bonds. The van der Waals surface area contributed by atoms with Gasteiger partial charge in [0.05, 0.1) is 6.61 Å². The first-order chi connectivity index (χ1) is 6.97. The fraction of sp³-hybridized carbons (Fsp3) is 0.857. The molecule has 88 valence electrons. The Bertz CT molecular complexity index is 236. The van der Waals surface area contributed by atoms with Crippen LogP contribution in [0.15, 0.2) is 0 Å². The summed E-state index contributed by atoms with van der Waals surface area (Å²) in [5.41, 5.74) is 4.80. The van der Waals surface area contributed by atoms with Crippen LogP contribution in [0.1, 0.15) is 0 Å². The third-order valence-electron chi connectivity index (χ3n) is 2.18. The summed E-state index contributed by atoms with van der Waals surface area (Å²) in [5, 5.41) is 38.9. The van der Waals surface area contributed by atoms with Crippen LogP contribution < -0.4 is 11.1 Å². The lowest BCUT2D eigenvalue weighted by atomic mass is 9.99. The molecule has 0 aliphatic carbocycles. The largest absolute Gasteiger partial charge is 0.394 e. The molecule has 0 unspecified atom stereocenters. The van der Waals surface area contributed by atoms with Crippen molar-refractivity contribution in [2.45, 2.75) is 30.6 Å². The summed E-state index contributed by atoms with van der Waals surface area (Å²) in [6, 6.07) is -0.945. The molecule has 1 rings (SSSR count). The van der Waals surface area contributed by atoms with Gasteiger partial charge in [-0.25, -0.2) is 4.79 Å². The van der Waals surface area contributed by atoms with Crippen LogP contribution in [0, 0.1) is 0 Å². The SMILES string of the molecule is N[13C](=O)N[C@@H]1O[C@H](CO)[C@@H](O)[C@H](O)[C@H]1O. The summed E-state index contributed by atoms with van der Waals surface area (Å²) >= 11 is 0. The highest BCUT2D eigenvalue weighted by Gasteiger charge is 2.43. The normalized spacial score (nSPS) is 41.2. The van der Waals surface area contributed by atoms with Crippen molar-refractivity contribution in [3.05, 3.63) is 0 Å². The molecule has 1 heterocycles. The summed E-state index contributed by atoms with van der Waals surface area (Å²) in [6.45, 7) is -0.554. The molecule has 15 heavy (non-hydrogen) atoms. The Labute approximate surface area is 85.3 Å². The zero-order valence-electron chi connectivity index (χ0n) is 7.78. The number of hydrogen-bond acceptors (Lipinski definition) is 6. The summed E-state index contributed by atoms with van der Waals surface area (Å²) < 4.78 is 4.92. The van der Waals surface area contributed by atoms with E-state index in [4.69, 9.17) is 15.6 Å². The topological polar surface area (TPSA) is 145 Å². The zero-order valence-corrected chi connectivity index (χ0v) is 7.78. The first-order valence-corrected chi connectivity index (χ1v) is 4.34. The van der Waals surface area contributed by atoms with Gasteiger partial charge in [-0.1, -0.05) is 0 Å². The van der Waals surface area contributed by atoms with Gasteiger partial charge in [0, 0.05) is 0 Å². The molecule has 0 aromatic rings. The van der Waals surface area contributed by atoms with Crippen molar-refractivity contribution in [3.8, 4) is 0 Å². The lowest BCUT2D eigenvalue weighted by Crippen LogP contribution is -2.63. The molecule has 5 atom stereocenters. The molecule has 0 spiro atoms. The molecule has 0 radical (unpaired) electrons. The van der Waals surface area contributed by atoms with Crippen molar-refractivity contribution in [1.29, 1.82) is 0 Å². The lowest BCUT2D eigenvalue weighted by molar-refractivity contribution is -0.233. The Morgan fingerprint density at radius 3 is 2.33 bits per heavy atom. The highest BCUT2D eigenvalue weighted by Crippen LogP contribution is 2.19. The number of urea groups is 1. The van der Waals surface area contributed by atoms with Gasteiger partial charge in [-0.15, -0.1) is 0 Å². The number of primary amides is 1. The number of carbonyl (C=O) groups excluding carboxylic acids is 1. The van der Waals surface area contributed by atoms with Crippen LogP contribution in [0.5, 0.6) is 0 Å². The molecule has 0 aromatic carbocycles. The number of nitrogens with two attached hydrogens (primary N) is 1. The summed E-state index contributed by atoms with van der Waals surface area (Å²) in [4.78, 5) is 10.5. The van der Waals surface area contributed by atoms with Gasteiger partial charge in [0.25, 0.3) is 0 Å². The van der Waals surface area contributed by atoms with Gasteiger partial charge >= 0.3 is 6.03 Å². The first kappa shape index (κ1) is 12.1. The van der Waals surface area contributed by atoms with Gasteiger partial charge in [-0.05, 0) is 0 Å². The molecule has 1 saturated heterocycles. The third kappa shape index (κ3) is 2.55. The molecular weight excluding hydrogens is 209 g/mol. The average molecular weight is 223 g/mol. The minimum absolute atomic E-state index is 0.554. The molecule has 8 nitrogen and oxygen atoms in total. The summed E-state index contributed by atoms with van der Waals surface area (Å²) in [7, 11) is 0. The number of amides is 2. The van der Waals surface area contributed by atoms with E-state index in [1.54, 1.807) is 0 Å². The Morgan fingerprint density at radius 2 is 1.87 bits per heavy atom. The number of hydrogen-bond donors (Lipinski definition) is 6. The van der Waals surface area contributed by atoms with Crippen LogP contribution in [0.2, 0.25) is 0 Å². The number of nitrogens with one attached hydrogen (secondary N) is 1. The molecule has 0 aromatic heterocycles. The van der Waals surface area contributed by atoms with E-state index in [2.05, 4.69) is 0 Å². The third-order valence-corrected chi connectivity index (χ3v) is 2.18. The van der Waals surface area contributed by atoms with E-state index in [1.165, 1.54) is 0 Å². The van der Waals surface area contributed by atoms with Crippen LogP contribution in [-0.4, -0.2) is 63.7 Å². The minimum atomic E-state index is -1.52. The van der Waals surface area contributed by atoms with E-state index in [1.807, 2.05) is 5.32 Å². The number of carbonyl (C=O) groups is 1. The standard InChI is InChI=1S/C7H14N2O6/c8-7(14)9-6-5(13)4(12)3(11)2(1-10)15-6/h2-6,10-13H,1H2,(H3,8,9,14)/t2-,3-,4+,5-,6-/m1/s1/i7+1. The molecule has 0 saturated carbocycles. The van der Waals surface area contributed by atoms with E-state index in [-0.39, 0.29) is 0 Å². The molecule has 8 heteroatoms. The highest BCUT2D eigenvalue weighted by atomic mass is 16.6. The van der Waals surface area contributed by atoms with Crippen molar-refractivity contribution in [2.24, 2.45) is 5.73 Å². The average Bonchev–Trinajstić information content (AvgIpc) is 2.18. The monoisotopic (exact) mass is 223 g/mol. The fourth-order valence-electron chi connectivity index (χ4n) is 1.36. The van der Waals surface area contributed by atoms with E-state index in [0.717, 1.165) is 0 Å². The molecule has 0 bridgehead atoms. The van der Waals surface area contributed by atoms with Gasteiger partial charge in [0.15, 0.2) is 6.23 Å². The van der Waals surface area contributed by atoms with Crippen molar-refractivity contribution >= 4 is 6.03 Å². The van der Waals surface area contributed by atoms with E-state index < -0.39 is 43.3 Å². The lowest BCUT2D eigenvalue weighted by Gasteiger charge is -2.39. The van der Waals surface area contributed by atoms with Crippen molar-refractivity contribution < 1.29 is 30.0 Å². The molecular formula is C7H14N2O6. The number of ether oxygens (including phenoxy) is 1. The van der Waals surface area contributed by atoms with Crippen molar-refractivity contribution in [3.63, 3.8) is 0 Å². The molecule has 1 fully saturated rings. The number of aliphatic hydroxyl groups excluding tert-OH is 4. The molecule has 1 aliphatic rings. The van der Waals surface area contributed by atoms with Crippen LogP contribution in [-0.2, 0) is 4.74 Å². The van der Waals surface area contributed by atoms with Crippen LogP contribution in [0.4, 0.5) is 4.79 Å². The number of aliphatic hydroxyl groups is 4. The second-order valence-corrected chi connectivity index (χ2v) is 3.26. The van der Waals surface area contributed by atoms with Gasteiger partial charge in [-0.3, -0.25) is 0 Å². The zero-order chi connectivity index (χ0) is 11.6. The molecule has 7 N–H and O–H groups in total. The predicted octanol–water partition coefficient (Wildman–Crippen LogP) is -3.55. The summed E-state index contributed by atoms with van der Waals surface area (Å²) in [5.74, 6) is 0. The maximum absolute atomic E-state index is 10.5. The van der Waals surface area contributed by atoms with Crippen LogP contribution in [0.25, 0.3) is 0 Å². The second-order valence-electron chi connectivity index (χ2n) is 3.26. The summed E-state index contributed by atoms with van der Waals surface area (Å²) in [6.07, 6.45) is -6.78. The highest BCUT2D eigenvalue weighted by molar-refractivity contribution is 5.71. The van der Waals surface area contributed by atoms with Gasteiger partial charge in [-0.2, -0.15) is 0 Å². The smallest absolute Gasteiger partial charge is 0.314 e. The number of rotatable bonds is 2. The minimum Gasteiger partial charge on any atom is -0.394 e. The van der Waals surface area contributed by atoms with Crippen LogP contribution in [0.3, 0.4) is 0 Å².